The van der Waals surface area contributed by atoms with E-state index in [1.54, 1.807) is 11.8 Å². The summed E-state index contributed by atoms with van der Waals surface area (Å²) in [5, 5.41) is 0. The van der Waals surface area contributed by atoms with E-state index in [1.807, 2.05) is 127 Å². The fraction of sp³-hybridized carbons (Fsp3) is 0.333. The molecule has 0 aromatic heterocycles. The lowest BCUT2D eigenvalue weighted by Gasteiger charge is -2.46. The summed E-state index contributed by atoms with van der Waals surface area (Å²) in [4.78, 5) is 0. The number of thioether (sulfide) groups is 1. The van der Waals surface area contributed by atoms with Gasteiger partial charge in [-0.25, -0.2) is 0 Å². The molecule has 74 heavy (non-hydrogen) atoms. The second kappa shape index (κ2) is 29.0. The van der Waals surface area contributed by atoms with Gasteiger partial charge in [-0.15, -0.1) is 11.8 Å². The summed E-state index contributed by atoms with van der Waals surface area (Å²) in [6, 6.07) is 71.0. The first kappa shape index (κ1) is 53.3. The maximum Gasteiger partial charge on any atom is 0.187 e. The van der Waals surface area contributed by atoms with Crippen molar-refractivity contribution in [1.29, 1.82) is 0 Å². The zero-order valence-electron chi connectivity index (χ0n) is 42.0. The highest BCUT2D eigenvalue weighted by atomic mass is 32.2. The molecule has 0 N–H and O–H groups in total. The van der Waals surface area contributed by atoms with Gasteiger partial charge in [-0.1, -0.05) is 219 Å². The summed E-state index contributed by atoms with van der Waals surface area (Å²) in [5.41, 5.74) is 6.69. The lowest BCUT2D eigenvalue weighted by molar-refractivity contribution is -0.299. The highest BCUT2D eigenvalue weighted by Crippen LogP contribution is 2.40. The highest BCUT2D eigenvalue weighted by molar-refractivity contribution is 7.99. The first-order chi connectivity index (χ1) is 36.7. The van der Waals surface area contributed by atoms with Crippen molar-refractivity contribution in [3.05, 3.63) is 251 Å². The van der Waals surface area contributed by atoms with E-state index in [2.05, 4.69) is 91.9 Å². The highest BCUT2D eigenvalue weighted by Gasteiger charge is 2.55. The molecule has 11 heteroatoms. The maximum absolute atomic E-state index is 7.60. The molecule has 2 aliphatic heterocycles. The van der Waals surface area contributed by atoms with Crippen LogP contribution in [0.5, 0.6) is 0 Å². The predicted molar refractivity (Wildman–Crippen MR) is 288 cm³/mol. The van der Waals surface area contributed by atoms with Crippen LogP contribution in [-0.2, 0) is 93.6 Å². The first-order valence-electron chi connectivity index (χ1n) is 25.8. The Balaban J connectivity index is 1.10. The van der Waals surface area contributed by atoms with Crippen LogP contribution in [0.1, 0.15) is 45.9 Å². The summed E-state index contributed by atoms with van der Waals surface area (Å²) in [6.45, 7) is 4.83. The van der Waals surface area contributed by atoms with Crippen LogP contribution in [0.3, 0.4) is 0 Å². The number of ether oxygens (including phenoxy) is 10. The third-order valence-electron chi connectivity index (χ3n) is 13.0. The third-order valence-corrected chi connectivity index (χ3v) is 14.1. The average Bonchev–Trinajstić information content (AvgIpc) is 3.80. The molecular weight excluding hydrogens is 949 g/mol. The zero-order valence-corrected chi connectivity index (χ0v) is 42.9. The number of hydrogen-bond acceptors (Lipinski definition) is 11. The van der Waals surface area contributed by atoms with Crippen LogP contribution < -0.4 is 0 Å². The van der Waals surface area contributed by atoms with Crippen LogP contribution in [0.15, 0.2) is 212 Å². The quantitative estimate of drug-likeness (QED) is 0.0470. The molecule has 386 valence electrons. The minimum absolute atomic E-state index is 0.203. The lowest BCUT2D eigenvalue weighted by Crippen LogP contribution is -2.61. The van der Waals surface area contributed by atoms with Crippen LogP contribution in [-0.4, -0.2) is 79.5 Å². The van der Waals surface area contributed by atoms with Gasteiger partial charge in [0.25, 0.3) is 0 Å². The lowest BCUT2D eigenvalue weighted by atomic mass is 9.98. The van der Waals surface area contributed by atoms with Gasteiger partial charge in [-0.2, -0.15) is 0 Å². The first-order valence-corrected chi connectivity index (χ1v) is 26.8. The van der Waals surface area contributed by atoms with Crippen LogP contribution >= 0.6 is 11.8 Å². The molecule has 0 bridgehead atoms. The smallest absolute Gasteiger partial charge is 0.187 e. The second-order valence-corrected chi connectivity index (χ2v) is 19.8. The summed E-state index contributed by atoms with van der Waals surface area (Å²) in [5.74, 6) is 0.763. The molecule has 10 atom stereocenters. The van der Waals surface area contributed by atoms with Crippen LogP contribution in [0.2, 0.25) is 0 Å². The van der Waals surface area contributed by atoms with Crippen molar-refractivity contribution in [3.8, 4) is 0 Å². The molecule has 2 fully saturated rings. The van der Waals surface area contributed by atoms with E-state index in [0.29, 0.717) is 39.6 Å². The van der Waals surface area contributed by atoms with Gasteiger partial charge < -0.3 is 47.4 Å². The molecule has 2 aliphatic rings. The SMILES string of the molecule is CCS[C@H]1O[C@H](COCc2ccccc2)[C@@H](OCc2ccccc2)[C@H](O[C@@H]2O[C@@H]([C@@H](COCc3ccccc3)OCc3ccccc3)[C@H](OCc3ccccc3)[C@H]2OCc2ccccc2)[C@@H]1OCc1ccccc1. The standard InChI is InChI=1S/C63H68O10S/c1-2-74-63-61(70-44-53-36-22-9-23-37-53)59(56(67-41-50-30-16-6-17-31-50)55(71-63)46-65-39-48-26-12-4-13-27-48)73-62-60(69-43-52-34-20-8-21-35-52)58(68-42-51-32-18-7-19-33-51)57(72-62)54(66-40-49-28-14-5-15-29-49)45-64-38-47-24-10-3-11-25-47/h3-37,54-63H,2,38-46H2,1H3/t54-,55-,56-,57+,58+,59+,60-,61+,62+,63-/m1/s1. The van der Waals surface area contributed by atoms with Crippen LogP contribution in [0, 0.1) is 0 Å². The Morgan fingerprint density at radius 3 is 1.22 bits per heavy atom. The molecule has 10 nitrogen and oxygen atoms in total. The van der Waals surface area contributed by atoms with Crippen molar-refractivity contribution in [2.45, 2.75) is 114 Å². The number of benzene rings is 7. The fourth-order valence-electron chi connectivity index (χ4n) is 9.24. The Bertz CT molecular complexity index is 2590. The molecule has 0 radical (unpaired) electrons. The molecule has 7 aromatic rings. The molecule has 0 unspecified atom stereocenters. The van der Waals surface area contributed by atoms with Gasteiger partial charge in [0.2, 0.25) is 0 Å². The van der Waals surface area contributed by atoms with E-state index in [-0.39, 0.29) is 19.8 Å². The Kier molecular flexibility index (Phi) is 20.9. The minimum atomic E-state index is -1.01. The van der Waals surface area contributed by atoms with Crippen LogP contribution in [0.25, 0.3) is 0 Å². The second-order valence-electron chi connectivity index (χ2n) is 18.4. The Labute approximate surface area is 441 Å². The van der Waals surface area contributed by atoms with Crippen molar-refractivity contribution < 1.29 is 47.4 Å². The third kappa shape index (κ3) is 15.8. The fourth-order valence-corrected chi connectivity index (χ4v) is 10.2. The van der Waals surface area contributed by atoms with Gasteiger partial charge >= 0.3 is 0 Å². The number of rotatable bonds is 28. The summed E-state index contributed by atoms with van der Waals surface area (Å²) in [7, 11) is 0. The van der Waals surface area contributed by atoms with Gasteiger partial charge in [0.15, 0.2) is 6.29 Å². The van der Waals surface area contributed by atoms with Gasteiger partial charge in [0, 0.05) is 0 Å². The van der Waals surface area contributed by atoms with Crippen molar-refractivity contribution in [2.75, 3.05) is 19.0 Å². The Morgan fingerprint density at radius 2 is 0.770 bits per heavy atom. The maximum atomic E-state index is 7.60. The van der Waals surface area contributed by atoms with Gasteiger partial charge in [0.1, 0.15) is 54.3 Å². The van der Waals surface area contributed by atoms with Gasteiger partial charge in [-0.3, -0.25) is 0 Å². The van der Waals surface area contributed by atoms with Crippen molar-refractivity contribution >= 4 is 11.8 Å². The van der Waals surface area contributed by atoms with E-state index >= 15 is 0 Å². The molecule has 0 amide bonds. The molecule has 2 heterocycles. The topological polar surface area (TPSA) is 92.3 Å². The molecule has 0 aliphatic carbocycles. The van der Waals surface area contributed by atoms with Crippen molar-refractivity contribution in [3.63, 3.8) is 0 Å². The van der Waals surface area contributed by atoms with E-state index < -0.39 is 60.6 Å². The monoisotopic (exact) mass is 1020 g/mol. The van der Waals surface area contributed by atoms with Crippen molar-refractivity contribution in [2.24, 2.45) is 0 Å². The summed E-state index contributed by atoms with van der Waals surface area (Å²) in [6.07, 6.45) is -6.45. The van der Waals surface area contributed by atoms with Gasteiger partial charge in [-0.05, 0) is 44.7 Å². The van der Waals surface area contributed by atoms with E-state index in [1.165, 1.54) is 0 Å². The van der Waals surface area contributed by atoms with Crippen LogP contribution in [0.4, 0.5) is 0 Å². The molecule has 0 spiro atoms. The molecule has 7 aromatic carbocycles. The Morgan fingerprint density at radius 1 is 0.392 bits per heavy atom. The predicted octanol–water partition coefficient (Wildman–Crippen LogP) is 11.9. The Hall–Kier alpha value is -5.51. The zero-order chi connectivity index (χ0) is 50.4. The van der Waals surface area contributed by atoms with Gasteiger partial charge in [0.05, 0.1) is 59.5 Å². The summed E-state index contributed by atoms with van der Waals surface area (Å²) < 4.78 is 70.3. The largest absolute Gasteiger partial charge is 0.374 e. The normalized spacial score (nSPS) is 23.1. The molecule has 9 rings (SSSR count). The average molecular weight is 1020 g/mol. The molecule has 0 saturated carbocycles. The van der Waals surface area contributed by atoms with E-state index in [4.69, 9.17) is 47.4 Å². The minimum Gasteiger partial charge on any atom is -0.374 e. The molecule has 2 saturated heterocycles. The van der Waals surface area contributed by atoms with E-state index in [9.17, 15) is 0 Å². The molecular formula is C63H68O10S. The van der Waals surface area contributed by atoms with E-state index in [0.717, 1.165) is 44.7 Å². The summed E-state index contributed by atoms with van der Waals surface area (Å²) >= 11 is 1.67. The number of hydrogen-bond donors (Lipinski definition) is 0. The van der Waals surface area contributed by atoms with Crippen molar-refractivity contribution in [1.82, 2.24) is 0 Å².